The van der Waals surface area contributed by atoms with E-state index in [1.54, 1.807) is 19.2 Å². The fourth-order valence-electron chi connectivity index (χ4n) is 1.94. The van der Waals surface area contributed by atoms with E-state index in [1.165, 1.54) is 4.90 Å². The Hall–Kier alpha value is -1.76. The van der Waals surface area contributed by atoms with E-state index in [9.17, 15) is 9.59 Å². The van der Waals surface area contributed by atoms with E-state index in [2.05, 4.69) is 15.9 Å². The third kappa shape index (κ3) is 6.09. The second kappa shape index (κ2) is 9.39. The molecule has 0 saturated heterocycles. The van der Waals surface area contributed by atoms with Gasteiger partial charge >= 0.3 is 5.97 Å². The second-order valence-electron chi connectivity index (χ2n) is 4.89. The molecule has 0 fully saturated rings. The van der Waals surface area contributed by atoms with Gasteiger partial charge in [-0.1, -0.05) is 15.9 Å². The van der Waals surface area contributed by atoms with Crippen molar-refractivity contribution in [2.45, 2.75) is 26.7 Å². The summed E-state index contributed by atoms with van der Waals surface area (Å²) in [5.74, 6) is 0.134. The van der Waals surface area contributed by atoms with Crippen LogP contribution in [0.25, 0.3) is 0 Å². The van der Waals surface area contributed by atoms with Gasteiger partial charge in [0.15, 0.2) is 11.5 Å². The molecule has 1 aromatic rings. The number of hydrogen-bond donors (Lipinski definition) is 1. The lowest BCUT2D eigenvalue weighted by molar-refractivity contribution is -0.138. The number of carbonyl (C=O) groups excluding carboxylic acids is 1. The van der Waals surface area contributed by atoms with Crippen molar-refractivity contribution < 1.29 is 24.2 Å². The molecule has 0 bridgehead atoms. The summed E-state index contributed by atoms with van der Waals surface area (Å²) in [4.78, 5) is 24.2. The smallest absolute Gasteiger partial charge is 0.305 e. The molecule has 0 spiro atoms. The molecule has 0 heterocycles. The van der Waals surface area contributed by atoms with E-state index in [1.807, 2.05) is 13.8 Å². The summed E-state index contributed by atoms with van der Waals surface area (Å²) in [6, 6.07) is 3.57. The van der Waals surface area contributed by atoms with Crippen molar-refractivity contribution in [1.29, 1.82) is 0 Å². The van der Waals surface area contributed by atoms with E-state index in [4.69, 9.17) is 14.6 Å². The van der Waals surface area contributed by atoms with Crippen molar-refractivity contribution in [2.75, 3.05) is 26.8 Å². The highest BCUT2D eigenvalue weighted by atomic mass is 79.9. The van der Waals surface area contributed by atoms with Crippen LogP contribution in [0.2, 0.25) is 0 Å². The van der Waals surface area contributed by atoms with Crippen LogP contribution in [0.3, 0.4) is 0 Å². The number of rotatable bonds is 9. The maximum atomic E-state index is 12.2. The predicted molar refractivity (Wildman–Crippen MR) is 90.1 cm³/mol. The Morgan fingerprint density at radius 2 is 1.74 bits per heavy atom. The molecular formula is C16H22BrNO5. The average molecular weight is 388 g/mol. The van der Waals surface area contributed by atoms with Crippen molar-refractivity contribution in [3.63, 3.8) is 0 Å². The van der Waals surface area contributed by atoms with Crippen LogP contribution in [0, 0.1) is 0 Å². The number of aliphatic carboxylic acids is 1. The molecule has 128 valence electrons. The number of carboxylic acids is 1. The van der Waals surface area contributed by atoms with E-state index in [0.29, 0.717) is 24.7 Å². The average Bonchev–Trinajstić information content (AvgIpc) is 2.49. The highest BCUT2D eigenvalue weighted by Crippen LogP contribution is 2.34. The Morgan fingerprint density at radius 3 is 2.26 bits per heavy atom. The zero-order chi connectivity index (χ0) is 17.4. The van der Waals surface area contributed by atoms with E-state index in [-0.39, 0.29) is 25.3 Å². The van der Waals surface area contributed by atoms with Gasteiger partial charge in [-0.05, 0) is 31.5 Å². The number of ether oxygens (including phenoxy) is 2. The van der Waals surface area contributed by atoms with Crippen LogP contribution in [0.4, 0.5) is 0 Å². The van der Waals surface area contributed by atoms with Gasteiger partial charge in [0.1, 0.15) is 0 Å². The summed E-state index contributed by atoms with van der Waals surface area (Å²) in [6.07, 6.45) is 0.0834. The van der Waals surface area contributed by atoms with Gasteiger partial charge in [-0.3, -0.25) is 9.59 Å². The minimum absolute atomic E-state index is 0.0725. The van der Waals surface area contributed by atoms with Crippen LogP contribution >= 0.6 is 15.9 Å². The molecule has 1 N–H and O–H groups in total. The minimum atomic E-state index is -0.925. The fraction of sp³-hybridized carbons (Fsp3) is 0.500. The molecule has 0 aliphatic carbocycles. The van der Waals surface area contributed by atoms with Crippen molar-refractivity contribution in [3.05, 3.63) is 22.2 Å². The molecule has 0 unspecified atom stereocenters. The number of likely N-dealkylation sites (N-methyl/N-ethyl adjacent to an activating group) is 1. The highest BCUT2D eigenvalue weighted by Gasteiger charge is 2.16. The maximum Gasteiger partial charge on any atom is 0.305 e. The van der Waals surface area contributed by atoms with Crippen molar-refractivity contribution >= 4 is 27.8 Å². The lowest BCUT2D eigenvalue weighted by atomic mass is 10.1. The number of amides is 1. The lowest BCUT2D eigenvalue weighted by Gasteiger charge is -2.18. The molecular weight excluding hydrogens is 366 g/mol. The fourth-order valence-corrected chi connectivity index (χ4v) is 2.40. The third-order valence-electron chi connectivity index (χ3n) is 3.14. The van der Waals surface area contributed by atoms with Crippen molar-refractivity contribution in [2.24, 2.45) is 0 Å². The van der Waals surface area contributed by atoms with E-state index in [0.717, 1.165) is 10.0 Å². The maximum absolute atomic E-state index is 12.2. The Balaban J connectivity index is 2.88. The predicted octanol–water partition coefficient (Wildman–Crippen LogP) is 2.72. The molecule has 0 atom stereocenters. The molecule has 1 rings (SSSR count). The number of halogens is 1. The summed E-state index contributed by atoms with van der Waals surface area (Å²) in [7, 11) is 1.59. The van der Waals surface area contributed by atoms with Crippen LogP contribution in [0.5, 0.6) is 11.5 Å². The summed E-state index contributed by atoms with van der Waals surface area (Å²) in [5.41, 5.74) is 0.768. The minimum Gasteiger partial charge on any atom is -0.490 e. The van der Waals surface area contributed by atoms with Gasteiger partial charge in [-0.2, -0.15) is 0 Å². The number of carbonyl (C=O) groups is 2. The number of benzene rings is 1. The molecule has 0 aliphatic heterocycles. The summed E-state index contributed by atoms with van der Waals surface area (Å²) >= 11 is 3.44. The molecule has 23 heavy (non-hydrogen) atoms. The lowest BCUT2D eigenvalue weighted by Crippen LogP contribution is -2.30. The molecule has 0 radical (unpaired) electrons. The Kier molecular flexibility index (Phi) is 7.88. The van der Waals surface area contributed by atoms with E-state index >= 15 is 0 Å². The van der Waals surface area contributed by atoms with Crippen LogP contribution < -0.4 is 9.47 Å². The number of hydrogen-bond acceptors (Lipinski definition) is 4. The second-order valence-corrected chi connectivity index (χ2v) is 5.75. The first-order valence-corrected chi connectivity index (χ1v) is 8.22. The Labute approximate surface area is 144 Å². The molecule has 0 aromatic heterocycles. The van der Waals surface area contributed by atoms with Gasteiger partial charge < -0.3 is 19.5 Å². The van der Waals surface area contributed by atoms with Crippen LogP contribution in [-0.4, -0.2) is 48.7 Å². The Bertz CT molecular complexity index is 562. The number of carboxylic acid groups (broad SMARTS) is 1. The van der Waals surface area contributed by atoms with Crippen molar-refractivity contribution in [1.82, 2.24) is 4.90 Å². The zero-order valence-corrected chi connectivity index (χ0v) is 15.2. The first kappa shape index (κ1) is 19.3. The quantitative estimate of drug-likeness (QED) is 0.704. The van der Waals surface area contributed by atoms with Crippen LogP contribution in [0.15, 0.2) is 16.6 Å². The Morgan fingerprint density at radius 1 is 1.17 bits per heavy atom. The molecule has 0 saturated carbocycles. The summed E-state index contributed by atoms with van der Waals surface area (Å²) in [6.45, 7) is 4.96. The standard InChI is InChI=1S/C16H22BrNO5/c1-4-22-13-8-11(12(17)10-14(13)23-5-2)9-15(19)18(3)7-6-16(20)21/h8,10H,4-7,9H2,1-3H3,(H,20,21). The first-order valence-electron chi connectivity index (χ1n) is 7.42. The van der Waals surface area contributed by atoms with Gasteiger partial charge in [-0.25, -0.2) is 0 Å². The van der Waals surface area contributed by atoms with Crippen molar-refractivity contribution in [3.8, 4) is 11.5 Å². The molecule has 6 nitrogen and oxygen atoms in total. The molecule has 0 aliphatic rings. The summed E-state index contributed by atoms with van der Waals surface area (Å²) in [5, 5.41) is 8.68. The van der Waals surface area contributed by atoms with Gasteiger partial charge in [0, 0.05) is 18.1 Å². The third-order valence-corrected chi connectivity index (χ3v) is 3.88. The number of nitrogens with zero attached hydrogens (tertiary/aromatic N) is 1. The monoisotopic (exact) mass is 387 g/mol. The van der Waals surface area contributed by atoms with E-state index < -0.39 is 5.97 Å². The zero-order valence-electron chi connectivity index (χ0n) is 13.6. The first-order chi connectivity index (χ1) is 10.9. The highest BCUT2D eigenvalue weighted by molar-refractivity contribution is 9.10. The largest absolute Gasteiger partial charge is 0.490 e. The van der Waals surface area contributed by atoms with Crippen LogP contribution in [-0.2, 0) is 16.0 Å². The van der Waals surface area contributed by atoms with Gasteiger partial charge in [-0.15, -0.1) is 0 Å². The summed E-state index contributed by atoms with van der Waals surface area (Å²) < 4.78 is 11.8. The molecule has 1 amide bonds. The molecule has 7 heteroatoms. The SMILES string of the molecule is CCOc1cc(Br)c(CC(=O)N(C)CCC(=O)O)cc1OCC. The normalized spacial score (nSPS) is 10.3. The molecule has 1 aromatic carbocycles. The van der Waals surface area contributed by atoms with Gasteiger partial charge in [0.2, 0.25) is 5.91 Å². The topological polar surface area (TPSA) is 76.1 Å². The van der Waals surface area contributed by atoms with Gasteiger partial charge in [0.25, 0.3) is 0 Å². The van der Waals surface area contributed by atoms with Crippen LogP contribution in [0.1, 0.15) is 25.8 Å². The van der Waals surface area contributed by atoms with Gasteiger partial charge in [0.05, 0.1) is 26.1 Å².